The van der Waals surface area contributed by atoms with Crippen LogP contribution in [0.5, 0.6) is 0 Å². The van der Waals surface area contributed by atoms with Crippen LogP contribution in [0.1, 0.15) is 19.2 Å². The van der Waals surface area contributed by atoms with Crippen LogP contribution in [-0.4, -0.2) is 64.3 Å². The van der Waals surface area contributed by atoms with Crippen molar-refractivity contribution in [2.45, 2.75) is 32.0 Å². The standard InChI is InChI=1S/C14H24N4O/c1-3-19-13-8-12-9-17(6-7-18(12)10-13)11-14-15-4-5-16(14)2/h4-5,12-13H,3,6-11H2,1-2H3/t12-,13+/m0/s1. The number of aryl methyl sites for hydroxylation is 1. The Morgan fingerprint density at radius 3 is 3.00 bits per heavy atom. The lowest BCUT2D eigenvalue weighted by Gasteiger charge is -2.36. The predicted molar refractivity (Wildman–Crippen MR) is 73.9 cm³/mol. The number of piperazine rings is 1. The lowest BCUT2D eigenvalue weighted by Crippen LogP contribution is -2.49. The fourth-order valence-corrected chi connectivity index (χ4v) is 3.31. The van der Waals surface area contributed by atoms with Crippen molar-refractivity contribution in [2.24, 2.45) is 7.05 Å². The van der Waals surface area contributed by atoms with Gasteiger partial charge in [-0.3, -0.25) is 9.80 Å². The molecule has 0 aliphatic carbocycles. The Balaban J connectivity index is 1.56. The SMILES string of the molecule is CCO[C@@H]1C[C@H]2CN(Cc3nccn3C)CCN2C1. The molecule has 5 heteroatoms. The van der Waals surface area contributed by atoms with Gasteiger partial charge in [-0.25, -0.2) is 4.98 Å². The van der Waals surface area contributed by atoms with Gasteiger partial charge in [0.25, 0.3) is 0 Å². The minimum absolute atomic E-state index is 0.447. The van der Waals surface area contributed by atoms with Crippen molar-refractivity contribution in [1.82, 2.24) is 19.4 Å². The molecule has 0 unspecified atom stereocenters. The van der Waals surface area contributed by atoms with E-state index in [1.165, 1.54) is 13.0 Å². The normalized spacial score (nSPS) is 28.7. The molecule has 0 N–H and O–H groups in total. The summed E-state index contributed by atoms with van der Waals surface area (Å²) in [6, 6.07) is 0.672. The van der Waals surface area contributed by atoms with Crippen molar-refractivity contribution in [3.8, 4) is 0 Å². The quantitative estimate of drug-likeness (QED) is 0.802. The van der Waals surface area contributed by atoms with E-state index in [4.69, 9.17) is 4.74 Å². The van der Waals surface area contributed by atoms with Gasteiger partial charge in [0.1, 0.15) is 5.82 Å². The van der Waals surface area contributed by atoms with Crippen LogP contribution in [0.15, 0.2) is 12.4 Å². The summed E-state index contributed by atoms with van der Waals surface area (Å²) in [5.74, 6) is 1.16. The van der Waals surface area contributed by atoms with E-state index in [-0.39, 0.29) is 0 Å². The average molecular weight is 264 g/mol. The summed E-state index contributed by atoms with van der Waals surface area (Å²) in [5.41, 5.74) is 0. The van der Waals surface area contributed by atoms with Crippen LogP contribution < -0.4 is 0 Å². The number of aromatic nitrogens is 2. The molecule has 2 aliphatic rings. The third kappa shape index (κ3) is 2.83. The zero-order chi connectivity index (χ0) is 13.2. The Labute approximate surface area is 115 Å². The van der Waals surface area contributed by atoms with Gasteiger partial charge in [0.15, 0.2) is 0 Å². The van der Waals surface area contributed by atoms with Crippen molar-refractivity contribution < 1.29 is 4.74 Å². The molecule has 1 aromatic rings. The fraction of sp³-hybridized carbons (Fsp3) is 0.786. The van der Waals surface area contributed by atoms with Gasteiger partial charge >= 0.3 is 0 Å². The molecule has 0 aromatic carbocycles. The lowest BCUT2D eigenvalue weighted by atomic mass is 10.1. The molecule has 5 nitrogen and oxygen atoms in total. The molecule has 2 saturated heterocycles. The van der Waals surface area contributed by atoms with Crippen molar-refractivity contribution in [3.63, 3.8) is 0 Å². The highest BCUT2D eigenvalue weighted by Crippen LogP contribution is 2.24. The van der Waals surface area contributed by atoms with E-state index < -0.39 is 0 Å². The first-order chi connectivity index (χ1) is 9.26. The molecule has 2 fully saturated rings. The molecule has 0 saturated carbocycles. The lowest BCUT2D eigenvalue weighted by molar-refractivity contribution is 0.0662. The van der Waals surface area contributed by atoms with E-state index >= 15 is 0 Å². The van der Waals surface area contributed by atoms with E-state index in [2.05, 4.69) is 33.3 Å². The summed E-state index contributed by atoms with van der Waals surface area (Å²) in [6.07, 6.45) is 5.53. The topological polar surface area (TPSA) is 33.5 Å². The van der Waals surface area contributed by atoms with E-state index in [0.717, 1.165) is 38.6 Å². The smallest absolute Gasteiger partial charge is 0.122 e. The third-order valence-electron chi connectivity index (χ3n) is 4.35. The number of rotatable bonds is 4. The van der Waals surface area contributed by atoms with Gasteiger partial charge in [-0.1, -0.05) is 0 Å². The first-order valence-corrected chi connectivity index (χ1v) is 7.30. The molecule has 3 rings (SSSR count). The second-order valence-corrected chi connectivity index (χ2v) is 5.65. The zero-order valence-electron chi connectivity index (χ0n) is 12.0. The minimum atomic E-state index is 0.447. The summed E-state index contributed by atoms with van der Waals surface area (Å²) >= 11 is 0. The van der Waals surface area contributed by atoms with Crippen molar-refractivity contribution >= 4 is 0 Å². The van der Waals surface area contributed by atoms with Crippen molar-refractivity contribution in [3.05, 3.63) is 18.2 Å². The van der Waals surface area contributed by atoms with Gasteiger partial charge in [-0.15, -0.1) is 0 Å². The maximum absolute atomic E-state index is 5.78. The predicted octanol–water partition coefficient (Wildman–Crippen LogP) is 0.715. The molecule has 3 heterocycles. The van der Waals surface area contributed by atoms with Crippen LogP contribution in [-0.2, 0) is 18.3 Å². The van der Waals surface area contributed by atoms with E-state index in [1.54, 1.807) is 0 Å². The van der Waals surface area contributed by atoms with Crippen LogP contribution in [0.2, 0.25) is 0 Å². The molecular formula is C14H24N4O. The van der Waals surface area contributed by atoms with Gasteiger partial charge in [0.2, 0.25) is 0 Å². The first kappa shape index (κ1) is 13.1. The number of ether oxygens (including phenoxy) is 1. The molecule has 0 amide bonds. The maximum Gasteiger partial charge on any atom is 0.122 e. The van der Waals surface area contributed by atoms with Crippen LogP contribution in [0.25, 0.3) is 0 Å². The number of imidazole rings is 1. The Morgan fingerprint density at radius 1 is 1.37 bits per heavy atom. The summed E-state index contributed by atoms with van der Waals surface area (Å²) in [6.45, 7) is 8.46. The first-order valence-electron chi connectivity index (χ1n) is 7.30. The molecule has 106 valence electrons. The fourth-order valence-electron chi connectivity index (χ4n) is 3.31. The van der Waals surface area contributed by atoms with Gasteiger partial charge < -0.3 is 9.30 Å². The number of nitrogens with zero attached hydrogens (tertiary/aromatic N) is 4. The third-order valence-corrected chi connectivity index (χ3v) is 4.35. The second-order valence-electron chi connectivity index (χ2n) is 5.65. The highest BCUT2D eigenvalue weighted by atomic mass is 16.5. The van der Waals surface area contributed by atoms with Gasteiger partial charge in [0.05, 0.1) is 12.6 Å². The summed E-state index contributed by atoms with van der Waals surface area (Å²) in [5, 5.41) is 0. The van der Waals surface area contributed by atoms with Gasteiger partial charge in [-0.05, 0) is 13.3 Å². The molecule has 2 aliphatic heterocycles. The van der Waals surface area contributed by atoms with Gasteiger partial charge in [0, 0.05) is 58.3 Å². The van der Waals surface area contributed by atoms with Crippen molar-refractivity contribution in [1.29, 1.82) is 0 Å². The number of fused-ring (bicyclic) bond motifs is 1. The Kier molecular flexibility index (Phi) is 3.86. The summed E-state index contributed by atoms with van der Waals surface area (Å²) < 4.78 is 7.89. The monoisotopic (exact) mass is 264 g/mol. The Morgan fingerprint density at radius 2 is 2.26 bits per heavy atom. The zero-order valence-corrected chi connectivity index (χ0v) is 12.0. The Bertz CT molecular complexity index is 419. The number of hydrogen-bond acceptors (Lipinski definition) is 4. The molecule has 0 spiro atoms. The number of hydrogen-bond donors (Lipinski definition) is 0. The van der Waals surface area contributed by atoms with Crippen LogP contribution >= 0.6 is 0 Å². The largest absolute Gasteiger partial charge is 0.377 e. The highest BCUT2D eigenvalue weighted by molar-refractivity contribution is 4.95. The molecule has 19 heavy (non-hydrogen) atoms. The minimum Gasteiger partial charge on any atom is -0.377 e. The summed E-state index contributed by atoms with van der Waals surface area (Å²) in [4.78, 5) is 9.54. The Hall–Kier alpha value is -0.910. The van der Waals surface area contributed by atoms with Crippen LogP contribution in [0.3, 0.4) is 0 Å². The van der Waals surface area contributed by atoms with Gasteiger partial charge in [-0.2, -0.15) is 0 Å². The van der Waals surface area contributed by atoms with Crippen molar-refractivity contribution in [2.75, 3.05) is 32.8 Å². The molecule has 1 aromatic heterocycles. The van der Waals surface area contributed by atoms with E-state index in [0.29, 0.717) is 12.1 Å². The molecule has 2 atom stereocenters. The summed E-state index contributed by atoms with van der Waals surface area (Å²) in [7, 11) is 2.07. The molecule has 0 radical (unpaired) electrons. The van der Waals surface area contributed by atoms with E-state index in [1.807, 2.05) is 12.4 Å². The molecular weight excluding hydrogens is 240 g/mol. The van der Waals surface area contributed by atoms with E-state index in [9.17, 15) is 0 Å². The van der Waals surface area contributed by atoms with Crippen LogP contribution in [0, 0.1) is 0 Å². The van der Waals surface area contributed by atoms with Crippen LogP contribution in [0.4, 0.5) is 0 Å². The molecule has 0 bridgehead atoms. The maximum atomic E-state index is 5.78. The highest BCUT2D eigenvalue weighted by Gasteiger charge is 2.36. The second kappa shape index (κ2) is 5.61. The average Bonchev–Trinajstić information content (AvgIpc) is 2.96.